The van der Waals surface area contributed by atoms with Gasteiger partial charge in [0.25, 0.3) is 5.91 Å². The Morgan fingerprint density at radius 2 is 2.26 bits per heavy atom. The Labute approximate surface area is 151 Å². The lowest BCUT2D eigenvalue weighted by Crippen LogP contribution is -2.37. The van der Waals surface area contributed by atoms with Gasteiger partial charge in [0.1, 0.15) is 5.76 Å². The van der Waals surface area contributed by atoms with Gasteiger partial charge < -0.3 is 20.8 Å². The monoisotopic (exact) mass is 432 g/mol. The van der Waals surface area contributed by atoms with Crippen molar-refractivity contribution in [2.75, 3.05) is 13.6 Å². The van der Waals surface area contributed by atoms with Crippen molar-refractivity contribution in [2.24, 2.45) is 10.7 Å². The van der Waals surface area contributed by atoms with Crippen molar-refractivity contribution in [3.63, 3.8) is 0 Å². The lowest BCUT2D eigenvalue weighted by Gasteiger charge is -2.10. The average molecular weight is 432 g/mol. The summed E-state index contributed by atoms with van der Waals surface area (Å²) in [5.74, 6) is 0.858. The van der Waals surface area contributed by atoms with Crippen LogP contribution in [0.25, 0.3) is 0 Å². The van der Waals surface area contributed by atoms with Crippen molar-refractivity contribution in [1.29, 1.82) is 0 Å². The predicted octanol–water partition coefficient (Wildman–Crippen LogP) is 0.948. The van der Waals surface area contributed by atoms with E-state index in [-0.39, 0.29) is 29.7 Å². The van der Waals surface area contributed by atoms with E-state index in [1.165, 1.54) is 0 Å². The Bertz CT molecular complexity index is 623. The predicted molar refractivity (Wildman–Crippen MR) is 97.7 cm³/mol. The van der Waals surface area contributed by atoms with Crippen LogP contribution in [0.4, 0.5) is 0 Å². The van der Waals surface area contributed by atoms with Crippen molar-refractivity contribution < 1.29 is 9.21 Å². The average Bonchev–Trinajstić information content (AvgIpc) is 3.18. The number of hydrogen-bond acceptors (Lipinski definition) is 4. The van der Waals surface area contributed by atoms with Crippen molar-refractivity contribution in [2.45, 2.75) is 19.5 Å². The third kappa shape index (κ3) is 6.30. The van der Waals surface area contributed by atoms with Gasteiger partial charge in [-0.05, 0) is 24.6 Å². The van der Waals surface area contributed by atoms with Crippen LogP contribution in [0.2, 0.25) is 0 Å². The van der Waals surface area contributed by atoms with E-state index in [9.17, 15) is 4.79 Å². The normalized spacial score (nSPS) is 10.9. The van der Waals surface area contributed by atoms with Crippen LogP contribution < -0.4 is 16.4 Å². The summed E-state index contributed by atoms with van der Waals surface area (Å²) in [4.78, 5) is 15.1. The molecule has 2 aromatic rings. The summed E-state index contributed by atoms with van der Waals surface area (Å²) in [5.41, 5.74) is 5.13. The summed E-state index contributed by atoms with van der Waals surface area (Å²) in [7, 11) is 1.69. The minimum Gasteiger partial charge on any atom is -0.454 e. The van der Waals surface area contributed by atoms with E-state index in [2.05, 4.69) is 20.7 Å². The second-order valence-electron chi connectivity index (χ2n) is 4.61. The molecule has 2 heterocycles. The standard InChI is InChI=1S/C14H20N6O2.HI/c1-16-14(17-6-2-8-20-9-3-7-19-20)18-10-11-4-5-12(22-11)13(15)21;/h3-5,7,9H,2,6,8,10H2,1H3,(H2,15,21)(H2,16,17,18);1H. The first-order valence-corrected chi connectivity index (χ1v) is 6.99. The number of nitrogens with two attached hydrogens (primary N) is 1. The fraction of sp³-hybridized carbons (Fsp3) is 0.357. The molecule has 0 atom stereocenters. The molecule has 0 aliphatic carbocycles. The molecule has 2 rings (SSSR count). The highest BCUT2D eigenvalue weighted by molar-refractivity contribution is 14.0. The molecule has 8 nitrogen and oxygen atoms in total. The van der Waals surface area contributed by atoms with Crippen molar-refractivity contribution in [3.8, 4) is 0 Å². The van der Waals surface area contributed by atoms with Gasteiger partial charge in [-0.25, -0.2) is 0 Å². The van der Waals surface area contributed by atoms with Gasteiger partial charge in [0.05, 0.1) is 6.54 Å². The SMILES string of the molecule is CN=C(NCCCn1cccn1)NCc1ccc(C(N)=O)o1.I. The summed E-state index contributed by atoms with van der Waals surface area (Å²) < 4.78 is 7.16. The molecular formula is C14H21IN6O2. The number of aliphatic imine (C=N–C) groups is 1. The number of amides is 1. The number of aromatic nitrogens is 2. The Kier molecular flexibility index (Phi) is 8.16. The van der Waals surface area contributed by atoms with Crippen LogP contribution in [-0.4, -0.2) is 35.2 Å². The zero-order valence-corrected chi connectivity index (χ0v) is 15.2. The quantitative estimate of drug-likeness (QED) is 0.261. The fourth-order valence-corrected chi connectivity index (χ4v) is 1.88. The van der Waals surface area contributed by atoms with E-state index in [4.69, 9.17) is 10.2 Å². The van der Waals surface area contributed by atoms with E-state index in [1.807, 2.05) is 16.9 Å². The molecule has 0 spiro atoms. The maximum absolute atomic E-state index is 10.9. The molecule has 4 N–H and O–H groups in total. The van der Waals surface area contributed by atoms with Gasteiger partial charge in [-0.2, -0.15) is 5.10 Å². The number of primary amides is 1. The summed E-state index contributed by atoms with van der Waals surface area (Å²) >= 11 is 0. The molecule has 0 aliphatic heterocycles. The molecule has 2 aromatic heterocycles. The molecule has 9 heteroatoms. The first kappa shape index (κ1) is 19.0. The summed E-state index contributed by atoms with van der Waals surface area (Å²) in [5, 5.41) is 10.4. The van der Waals surface area contributed by atoms with Crippen molar-refractivity contribution in [3.05, 3.63) is 42.1 Å². The van der Waals surface area contributed by atoms with E-state index in [0.717, 1.165) is 19.5 Å². The number of nitrogens with one attached hydrogen (secondary N) is 2. The van der Waals surface area contributed by atoms with Crippen LogP contribution in [0, 0.1) is 0 Å². The number of carbonyl (C=O) groups excluding carboxylic acids is 1. The van der Waals surface area contributed by atoms with Crippen LogP contribution in [0.5, 0.6) is 0 Å². The molecule has 0 radical (unpaired) electrons. The summed E-state index contributed by atoms with van der Waals surface area (Å²) in [6.07, 6.45) is 4.62. The first-order chi connectivity index (χ1) is 10.7. The van der Waals surface area contributed by atoms with Gasteiger partial charge in [0, 0.05) is 32.5 Å². The van der Waals surface area contributed by atoms with Crippen LogP contribution >= 0.6 is 24.0 Å². The van der Waals surface area contributed by atoms with E-state index in [0.29, 0.717) is 18.3 Å². The molecule has 0 aromatic carbocycles. The topological polar surface area (TPSA) is 110 Å². The van der Waals surface area contributed by atoms with Gasteiger partial charge in [-0.1, -0.05) is 0 Å². The van der Waals surface area contributed by atoms with Crippen LogP contribution in [0.3, 0.4) is 0 Å². The highest BCUT2D eigenvalue weighted by atomic mass is 127. The van der Waals surface area contributed by atoms with E-state index in [1.54, 1.807) is 25.4 Å². The maximum Gasteiger partial charge on any atom is 0.284 e. The van der Waals surface area contributed by atoms with Crippen molar-refractivity contribution in [1.82, 2.24) is 20.4 Å². The van der Waals surface area contributed by atoms with E-state index < -0.39 is 5.91 Å². The molecule has 0 bridgehead atoms. The Hall–Kier alpha value is -2.04. The molecule has 126 valence electrons. The Morgan fingerprint density at radius 3 is 2.87 bits per heavy atom. The largest absolute Gasteiger partial charge is 0.454 e. The van der Waals surface area contributed by atoms with Crippen LogP contribution in [-0.2, 0) is 13.1 Å². The molecule has 0 fully saturated rings. The zero-order chi connectivity index (χ0) is 15.8. The first-order valence-electron chi connectivity index (χ1n) is 6.99. The van der Waals surface area contributed by atoms with Gasteiger partial charge in [0.2, 0.25) is 0 Å². The number of aryl methyl sites for hydroxylation is 1. The second kappa shape index (κ2) is 9.87. The van der Waals surface area contributed by atoms with Crippen LogP contribution in [0.15, 0.2) is 40.0 Å². The second-order valence-corrected chi connectivity index (χ2v) is 4.61. The molecular weight excluding hydrogens is 411 g/mol. The number of nitrogens with zero attached hydrogens (tertiary/aromatic N) is 3. The summed E-state index contributed by atoms with van der Waals surface area (Å²) in [6, 6.07) is 5.16. The van der Waals surface area contributed by atoms with Crippen LogP contribution in [0.1, 0.15) is 22.7 Å². The fourth-order valence-electron chi connectivity index (χ4n) is 1.88. The molecule has 23 heavy (non-hydrogen) atoms. The van der Waals surface area contributed by atoms with Gasteiger partial charge in [-0.15, -0.1) is 24.0 Å². The number of carbonyl (C=O) groups is 1. The Balaban J connectivity index is 0.00000264. The maximum atomic E-state index is 10.9. The highest BCUT2D eigenvalue weighted by Crippen LogP contribution is 2.06. The van der Waals surface area contributed by atoms with Gasteiger partial charge in [0.15, 0.2) is 11.7 Å². The molecule has 0 aliphatic rings. The van der Waals surface area contributed by atoms with Gasteiger partial charge in [-0.3, -0.25) is 14.5 Å². The zero-order valence-electron chi connectivity index (χ0n) is 12.9. The number of rotatable bonds is 7. The third-order valence-electron chi connectivity index (χ3n) is 2.97. The smallest absolute Gasteiger partial charge is 0.284 e. The van der Waals surface area contributed by atoms with Gasteiger partial charge >= 0.3 is 0 Å². The molecule has 1 amide bonds. The number of guanidine groups is 1. The minimum atomic E-state index is -0.577. The number of hydrogen-bond donors (Lipinski definition) is 3. The molecule has 0 saturated carbocycles. The minimum absolute atomic E-state index is 0. The Morgan fingerprint density at radius 1 is 1.43 bits per heavy atom. The third-order valence-corrected chi connectivity index (χ3v) is 2.97. The lowest BCUT2D eigenvalue weighted by atomic mass is 10.4. The number of halogens is 1. The molecule has 0 saturated heterocycles. The van der Waals surface area contributed by atoms with E-state index >= 15 is 0 Å². The molecule has 0 unspecified atom stereocenters. The lowest BCUT2D eigenvalue weighted by molar-refractivity contribution is 0.0972. The summed E-state index contributed by atoms with van der Waals surface area (Å²) in [6.45, 7) is 2.04. The highest BCUT2D eigenvalue weighted by Gasteiger charge is 2.07. The number of furan rings is 1. The van der Waals surface area contributed by atoms with Crippen molar-refractivity contribution >= 4 is 35.8 Å².